The molecule has 0 radical (unpaired) electrons. The largest absolute Gasteiger partial charge is 0.322 e. The van der Waals surface area contributed by atoms with Gasteiger partial charge in [0, 0.05) is 17.8 Å². The second-order valence-electron chi connectivity index (χ2n) is 6.63. The number of nitrogens with one attached hydrogen (secondary N) is 1. The predicted octanol–water partition coefficient (Wildman–Crippen LogP) is 3.57. The van der Waals surface area contributed by atoms with E-state index in [0.717, 1.165) is 16.3 Å². The fraction of sp³-hybridized carbons (Fsp3) is 0.143. The summed E-state index contributed by atoms with van der Waals surface area (Å²) >= 11 is 6.07. The van der Waals surface area contributed by atoms with Crippen LogP contribution in [0.3, 0.4) is 0 Å². The van der Waals surface area contributed by atoms with Crippen molar-refractivity contribution in [2.75, 3.05) is 12.4 Å². The third-order valence-corrected chi connectivity index (χ3v) is 5.08. The highest BCUT2D eigenvalue weighted by molar-refractivity contribution is 6.30. The van der Waals surface area contributed by atoms with Crippen molar-refractivity contribution in [3.05, 3.63) is 76.1 Å². The summed E-state index contributed by atoms with van der Waals surface area (Å²) in [4.78, 5) is 38.1. The molecule has 0 saturated heterocycles. The summed E-state index contributed by atoms with van der Waals surface area (Å²) in [5.74, 6) is -1.08. The number of anilines is 1. The van der Waals surface area contributed by atoms with Crippen LogP contribution in [0.1, 0.15) is 43.7 Å². The molecule has 0 fully saturated rings. The molecule has 3 amide bonds. The maximum absolute atomic E-state index is 12.9. The van der Waals surface area contributed by atoms with E-state index in [1.165, 1.54) is 19.3 Å². The Morgan fingerprint density at radius 1 is 1.10 bits per heavy atom. The van der Waals surface area contributed by atoms with Crippen molar-refractivity contribution in [1.29, 1.82) is 0 Å². The molecule has 0 bridgehead atoms. The summed E-state index contributed by atoms with van der Waals surface area (Å²) < 4.78 is 1.68. The van der Waals surface area contributed by atoms with Crippen LogP contribution in [0.4, 0.5) is 5.69 Å². The van der Waals surface area contributed by atoms with Gasteiger partial charge in [0.25, 0.3) is 17.7 Å². The Morgan fingerprint density at radius 3 is 2.59 bits per heavy atom. The van der Waals surface area contributed by atoms with Gasteiger partial charge in [0.2, 0.25) is 0 Å². The first-order valence-corrected chi connectivity index (χ1v) is 9.39. The van der Waals surface area contributed by atoms with E-state index in [4.69, 9.17) is 11.6 Å². The van der Waals surface area contributed by atoms with Gasteiger partial charge in [-0.3, -0.25) is 19.3 Å². The number of imide groups is 1. The maximum Gasteiger partial charge on any atom is 0.261 e. The fourth-order valence-corrected chi connectivity index (χ4v) is 3.56. The lowest BCUT2D eigenvalue weighted by molar-refractivity contribution is 0.0692. The topological polar surface area (TPSA) is 84.3 Å². The fourth-order valence-electron chi connectivity index (χ4n) is 3.37. The highest BCUT2D eigenvalue weighted by Gasteiger charge is 2.32. The second-order valence-corrected chi connectivity index (χ2v) is 7.07. The lowest BCUT2D eigenvalue weighted by atomic mass is 10.1. The van der Waals surface area contributed by atoms with Crippen molar-refractivity contribution in [3.8, 4) is 5.69 Å². The number of aromatic nitrogens is 2. The Bertz CT molecular complexity index is 1170. The van der Waals surface area contributed by atoms with Crippen LogP contribution in [-0.4, -0.2) is 39.4 Å². The minimum Gasteiger partial charge on any atom is -0.322 e. The smallest absolute Gasteiger partial charge is 0.261 e. The van der Waals surface area contributed by atoms with Crippen LogP contribution in [0.5, 0.6) is 0 Å². The zero-order valence-electron chi connectivity index (χ0n) is 15.8. The summed E-state index contributed by atoms with van der Waals surface area (Å²) in [7, 11) is 1.43. The molecule has 1 aromatic heterocycles. The minimum atomic E-state index is -0.385. The van der Waals surface area contributed by atoms with Crippen LogP contribution in [0.25, 0.3) is 5.69 Å². The normalized spacial score (nSPS) is 13.0. The molecule has 1 aliphatic heterocycles. The van der Waals surface area contributed by atoms with Crippen molar-refractivity contribution >= 4 is 35.0 Å². The molecule has 0 spiro atoms. The van der Waals surface area contributed by atoms with Crippen molar-refractivity contribution < 1.29 is 14.4 Å². The van der Waals surface area contributed by atoms with E-state index in [-0.39, 0.29) is 23.3 Å². The SMILES string of the molecule is CCc1c(C(=O)Nc2ccc3c(c2)C(=O)N(C)C3=O)cnn1-c1cccc(Cl)c1. The van der Waals surface area contributed by atoms with Gasteiger partial charge in [-0.05, 0) is 42.8 Å². The molecule has 1 aliphatic rings. The molecule has 4 rings (SSSR count). The molecule has 146 valence electrons. The molecule has 8 heteroatoms. The average molecular weight is 409 g/mol. The highest BCUT2D eigenvalue weighted by atomic mass is 35.5. The Morgan fingerprint density at radius 2 is 1.86 bits per heavy atom. The molecular weight excluding hydrogens is 392 g/mol. The molecule has 29 heavy (non-hydrogen) atoms. The zero-order valence-corrected chi connectivity index (χ0v) is 16.5. The maximum atomic E-state index is 12.9. The van der Waals surface area contributed by atoms with Gasteiger partial charge in [0.05, 0.1) is 34.3 Å². The lowest BCUT2D eigenvalue weighted by Crippen LogP contribution is -2.24. The third kappa shape index (κ3) is 3.19. The van der Waals surface area contributed by atoms with Gasteiger partial charge < -0.3 is 5.32 Å². The van der Waals surface area contributed by atoms with Gasteiger partial charge in [-0.2, -0.15) is 5.10 Å². The van der Waals surface area contributed by atoms with E-state index in [9.17, 15) is 14.4 Å². The minimum absolute atomic E-state index is 0.278. The third-order valence-electron chi connectivity index (χ3n) is 4.85. The summed E-state index contributed by atoms with van der Waals surface area (Å²) in [5, 5.41) is 7.71. The number of hydrogen-bond acceptors (Lipinski definition) is 4. The predicted molar refractivity (Wildman–Crippen MR) is 109 cm³/mol. The first-order valence-electron chi connectivity index (χ1n) is 9.01. The standard InChI is InChI=1S/C21H17ClN4O3/c1-3-18-17(11-23-26(18)14-6-4-5-12(22)9-14)19(27)24-13-7-8-15-16(10-13)21(29)25(2)20(15)28/h4-11H,3H2,1-2H3,(H,24,27). The number of halogens is 1. The lowest BCUT2D eigenvalue weighted by Gasteiger charge is -2.09. The quantitative estimate of drug-likeness (QED) is 0.669. The monoisotopic (exact) mass is 408 g/mol. The molecule has 0 aliphatic carbocycles. The van der Waals surface area contributed by atoms with Gasteiger partial charge >= 0.3 is 0 Å². The van der Waals surface area contributed by atoms with Crippen molar-refractivity contribution in [2.45, 2.75) is 13.3 Å². The Hall–Kier alpha value is -3.45. The first-order chi connectivity index (χ1) is 13.9. The molecule has 2 heterocycles. The van der Waals surface area contributed by atoms with Crippen LogP contribution < -0.4 is 5.32 Å². The van der Waals surface area contributed by atoms with E-state index < -0.39 is 0 Å². The first kappa shape index (κ1) is 18.9. The molecule has 0 unspecified atom stereocenters. The molecule has 0 atom stereocenters. The van der Waals surface area contributed by atoms with Crippen LogP contribution in [0.2, 0.25) is 5.02 Å². The number of nitrogens with zero attached hydrogens (tertiary/aromatic N) is 3. The van der Waals surface area contributed by atoms with E-state index in [1.54, 1.807) is 28.9 Å². The summed E-state index contributed by atoms with van der Waals surface area (Å²) in [6.45, 7) is 1.93. The number of amides is 3. The van der Waals surface area contributed by atoms with Crippen LogP contribution >= 0.6 is 11.6 Å². The van der Waals surface area contributed by atoms with Gasteiger partial charge in [0.1, 0.15) is 0 Å². The van der Waals surface area contributed by atoms with Gasteiger partial charge in [-0.1, -0.05) is 24.6 Å². The molecule has 3 aromatic rings. The zero-order chi connectivity index (χ0) is 20.7. The van der Waals surface area contributed by atoms with Gasteiger partial charge in [-0.25, -0.2) is 4.68 Å². The second kappa shape index (κ2) is 7.18. The summed E-state index contributed by atoms with van der Waals surface area (Å²) in [5.41, 5.74) is 2.96. The Kier molecular flexibility index (Phi) is 4.68. The molecule has 2 aromatic carbocycles. The van der Waals surface area contributed by atoms with Gasteiger partial charge in [-0.15, -0.1) is 0 Å². The number of fused-ring (bicyclic) bond motifs is 1. The molecule has 1 N–H and O–H groups in total. The van der Waals surface area contributed by atoms with Crippen molar-refractivity contribution in [2.24, 2.45) is 0 Å². The van der Waals surface area contributed by atoms with Gasteiger partial charge in [0.15, 0.2) is 0 Å². The van der Waals surface area contributed by atoms with Crippen LogP contribution in [0, 0.1) is 0 Å². The van der Waals surface area contributed by atoms with E-state index in [1.807, 2.05) is 19.1 Å². The van der Waals surface area contributed by atoms with Crippen molar-refractivity contribution in [3.63, 3.8) is 0 Å². The number of rotatable bonds is 4. The van der Waals surface area contributed by atoms with Crippen molar-refractivity contribution in [1.82, 2.24) is 14.7 Å². The van der Waals surface area contributed by atoms with E-state index in [0.29, 0.717) is 28.3 Å². The number of carbonyl (C=O) groups is 3. The summed E-state index contributed by atoms with van der Waals surface area (Å²) in [6.07, 6.45) is 2.09. The Labute approximate surface area is 171 Å². The highest BCUT2D eigenvalue weighted by Crippen LogP contribution is 2.26. The molecule has 0 saturated carbocycles. The summed E-state index contributed by atoms with van der Waals surface area (Å²) in [6, 6.07) is 11.9. The molecular formula is C21H17ClN4O3. The molecule has 7 nitrogen and oxygen atoms in total. The van der Waals surface area contributed by atoms with E-state index in [2.05, 4.69) is 10.4 Å². The number of hydrogen-bond donors (Lipinski definition) is 1. The average Bonchev–Trinajstić information content (AvgIpc) is 3.24. The number of benzene rings is 2. The van der Waals surface area contributed by atoms with Crippen LogP contribution in [0.15, 0.2) is 48.7 Å². The van der Waals surface area contributed by atoms with E-state index >= 15 is 0 Å². The number of carbonyl (C=O) groups excluding carboxylic acids is 3. The van der Waals surface area contributed by atoms with Crippen LogP contribution in [-0.2, 0) is 6.42 Å². The Balaban J connectivity index is 1.64.